The minimum absolute atomic E-state index is 0.111. The molecule has 16 heteroatoms. The van der Waals surface area contributed by atoms with Crippen LogP contribution in [0.1, 0.15) is 38.2 Å². The second-order valence-electron chi connectivity index (χ2n) is 11.8. The molecule has 47 heavy (non-hydrogen) atoms. The van der Waals surface area contributed by atoms with Crippen molar-refractivity contribution < 1.29 is 42.1 Å². The van der Waals surface area contributed by atoms with Gasteiger partial charge in [0.25, 0.3) is 5.91 Å². The van der Waals surface area contributed by atoms with Crippen LogP contribution in [0, 0.1) is 0 Å². The number of para-hydroxylation sites is 1. The van der Waals surface area contributed by atoms with Gasteiger partial charge in [0.15, 0.2) is 12.4 Å². The van der Waals surface area contributed by atoms with Crippen molar-refractivity contribution in [3.8, 4) is 17.1 Å². The van der Waals surface area contributed by atoms with Crippen molar-refractivity contribution >= 4 is 18.0 Å². The van der Waals surface area contributed by atoms with Crippen molar-refractivity contribution in [2.75, 3.05) is 45.9 Å². The van der Waals surface area contributed by atoms with Gasteiger partial charge in [-0.25, -0.2) is 9.78 Å². The van der Waals surface area contributed by atoms with Crippen LogP contribution in [-0.2, 0) is 20.5 Å². The van der Waals surface area contributed by atoms with Gasteiger partial charge in [-0.3, -0.25) is 14.7 Å². The fourth-order valence-corrected chi connectivity index (χ4v) is 4.76. The molecule has 1 aromatic heterocycles. The Labute approximate surface area is 269 Å². The van der Waals surface area contributed by atoms with Crippen molar-refractivity contribution in [3.63, 3.8) is 0 Å². The fraction of sp³-hybridized carbons (Fsp3) is 0.452. The summed E-state index contributed by atoms with van der Waals surface area (Å²) in [5.41, 5.74) is -0.844. The molecule has 2 aliphatic heterocycles. The Balaban J connectivity index is 0.000000264. The summed E-state index contributed by atoms with van der Waals surface area (Å²) >= 11 is 0. The Hall–Kier alpha value is -4.70. The van der Waals surface area contributed by atoms with E-state index < -0.39 is 41.5 Å². The van der Waals surface area contributed by atoms with E-state index >= 15 is 0 Å². The lowest BCUT2D eigenvalue weighted by Gasteiger charge is -2.34. The molecule has 3 heterocycles. The zero-order valence-electron chi connectivity index (χ0n) is 26.2. The molecule has 2 saturated heterocycles. The van der Waals surface area contributed by atoms with Crippen molar-refractivity contribution in [2.45, 2.75) is 44.6 Å². The smallest absolute Gasteiger partial charge is 0.416 e. The zero-order chi connectivity index (χ0) is 34.2. The molecule has 0 saturated carbocycles. The number of aliphatic carboxylic acids is 1. The van der Waals surface area contributed by atoms with Crippen LogP contribution < -0.4 is 15.4 Å². The topological polar surface area (TPSA) is 162 Å². The number of halogens is 3. The third-order valence-electron chi connectivity index (χ3n) is 7.08. The Bertz CT molecular complexity index is 1500. The highest BCUT2D eigenvalue weighted by Gasteiger charge is 2.33. The van der Waals surface area contributed by atoms with E-state index in [0.29, 0.717) is 49.9 Å². The van der Waals surface area contributed by atoms with Crippen LogP contribution in [0.2, 0.25) is 0 Å². The standard InChI is InChI=1S/C21H20F3N5O2.C10H18N2O4/c22-21(23,24)15-8-6-14(7-9-15)19-26-20(28-27-19)17-12-25-10-11-29(17)18(30)13-31-16-4-2-1-3-5-16;1-10(2,3)16-9(15)12-5-4-11-7(6-12)8(13)14/h1-9,17,25H,10-13H2,(H,26,27,28);7,11H,4-6H2,1-3H3,(H,13,14). The molecule has 0 spiro atoms. The minimum Gasteiger partial charge on any atom is -0.484 e. The lowest BCUT2D eigenvalue weighted by atomic mass is 10.1. The SMILES string of the molecule is CC(C)(C)OC(=O)N1CCNC(C(=O)O)C1.O=C(COc1ccccc1)N1CCNCC1c1nc(-c2ccc(C(F)(F)F)cc2)n[nH]1. The average molecular weight is 662 g/mol. The number of carbonyl (C=O) groups excluding carboxylic acids is 2. The highest BCUT2D eigenvalue weighted by atomic mass is 19.4. The number of aromatic nitrogens is 3. The van der Waals surface area contributed by atoms with Gasteiger partial charge in [-0.1, -0.05) is 30.3 Å². The number of carboxylic acid groups (broad SMARTS) is 1. The highest BCUT2D eigenvalue weighted by Crippen LogP contribution is 2.31. The number of benzene rings is 2. The van der Waals surface area contributed by atoms with Crippen LogP contribution in [0.25, 0.3) is 11.4 Å². The molecule has 0 bridgehead atoms. The number of aromatic amines is 1. The van der Waals surface area contributed by atoms with Crippen molar-refractivity contribution in [3.05, 3.63) is 66.0 Å². The fourth-order valence-electron chi connectivity index (χ4n) is 4.76. The number of alkyl halides is 3. The van der Waals surface area contributed by atoms with Gasteiger partial charge >= 0.3 is 18.2 Å². The van der Waals surface area contributed by atoms with Crippen LogP contribution in [0.3, 0.4) is 0 Å². The molecule has 2 unspecified atom stereocenters. The average Bonchev–Trinajstić information content (AvgIpc) is 3.54. The van der Waals surface area contributed by atoms with Crippen LogP contribution in [0.4, 0.5) is 18.0 Å². The van der Waals surface area contributed by atoms with Gasteiger partial charge in [0, 0.05) is 38.3 Å². The van der Waals surface area contributed by atoms with Crippen molar-refractivity contribution in [1.29, 1.82) is 0 Å². The molecular formula is C31H38F3N7O6. The summed E-state index contributed by atoms with van der Waals surface area (Å²) in [6.07, 6.45) is -4.86. The number of hydrogen-bond donors (Lipinski definition) is 4. The van der Waals surface area contributed by atoms with E-state index in [2.05, 4.69) is 25.8 Å². The Morgan fingerprint density at radius 3 is 2.34 bits per heavy atom. The minimum atomic E-state index is -4.40. The molecule has 2 atom stereocenters. The number of hydrogen-bond acceptors (Lipinski definition) is 9. The predicted molar refractivity (Wildman–Crippen MR) is 163 cm³/mol. The first-order valence-corrected chi connectivity index (χ1v) is 14.9. The van der Waals surface area contributed by atoms with Gasteiger partial charge in [0.05, 0.1) is 12.1 Å². The third kappa shape index (κ3) is 10.1. The lowest BCUT2D eigenvalue weighted by molar-refractivity contribution is -0.140. The largest absolute Gasteiger partial charge is 0.484 e. The number of ether oxygens (including phenoxy) is 2. The monoisotopic (exact) mass is 661 g/mol. The van der Waals surface area contributed by atoms with E-state index in [-0.39, 0.29) is 24.9 Å². The first kappa shape index (κ1) is 35.2. The number of nitrogens with zero attached hydrogens (tertiary/aromatic N) is 4. The summed E-state index contributed by atoms with van der Waals surface area (Å²) in [4.78, 5) is 42.7. The molecule has 0 radical (unpaired) electrons. The van der Waals surface area contributed by atoms with Crippen LogP contribution in [0.5, 0.6) is 5.75 Å². The summed E-state index contributed by atoms with van der Waals surface area (Å²) in [6, 6.07) is 12.6. The zero-order valence-corrected chi connectivity index (χ0v) is 26.2. The molecule has 4 N–H and O–H groups in total. The molecule has 2 aliphatic rings. The molecule has 13 nitrogen and oxygen atoms in total. The maximum Gasteiger partial charge on any atom is 0.416 e. The summed E-state index contributed by atoms with van der Waals surface area (Å²) in [5, 5.41) is 21.8. The number of H-pyrrole nitrogens is 1. The second-order valence-corrected chi connectivity index (χ2v) is 11.8. The maximum atomic E-state index is 12.8. The van der Waals surface area contributed by atoms with E-state index in [1.165, 1.54) is 17.0 Å². The molecule has 254 valence electrons. The lowest BCUT2D eigenvalue weighted by Crippen LogP contribution is -2.56. The normalized spacial score (nSPS) is 18.5. The molecule has 2 amide bonds. The van der Waals surface area contributed by atoms with Crippen LogP contribution >= 0.6 is 0 Å². The van der Waals surface area contributed by atoms with Gasteiger partial charge in [-0.15, -0.1) is 0 Å². The molecule has 5 rings (SSSR count). The maximum absolute atomic E-state index is 12.8. The first-order chi connectivity index (χ1) is 22.2. The van der Waals surface area contributed by atoms with E-state index in [0.717, 1.165) is 12.1 Å². The van der Waals surface area contributed by atoms with Gasteiger partial charge in [0.2, 0.25) is 0 Å². The molecule has 3 aromatic rings. The van der Waals surface area contributed by atoms with Gasteiger partial charge in [-0.05, 0) is 45.0 Å². The number of rotatable bonds is 6. The van der Waals surface area contributed by atoms with Gasteiger partial charge < -0.3 is 35.0 Å². The summed E-state index contributed by atoms with van der Waals surface area (Å²) in [5.74, 6) is 0.181. The number of piperazine rings is 2. The summed E-state index contributed by atoms with van der Waals surface area (Å²) in [6.45, 7) is 7.88. The Kier molecular flexibility index (Phi) is 11.4. The quantitative estimate of drug-likeness (QED) is 0.308. The first-order valence-electron chi connectivity index (χ1n) is 14.9. The van der Waals surface area contributed by atoms with Crippen molar-refractivity contribution in [1.82, 2.24) is 35.6 Å². The molecule has 0 aliphatic carbocycles. The van der Waals surface area contributed by atoms with Gasteiger partial charge in [0.1, 0.15) is 29.3 Å². The van der Waals surface area contributed by atoms with E-state index in [4.69, 9.17) is 14.6 Å². The number of nitrogens with one attached hydrogen (secondary N) is 3. The Morgan fingerprint density at radius 2 is 1.70 bits per heavy atom. The molecule has 2 aromatic carbocycles. The number of carbonyl (C=O) groups is 3. The number of amides is 2. The van der Waals surface area contributed by atoms with Gasteiger partial charge in [-0.2, -0.15) is 18.3 Å². The van der Waals surface area contributed by atoms with Crippen LogP contribution in [-0.4, -0.2) is 106 Å². The van der Waals surface area contributed by atoms with Crippen molar-refractivity contribution in [2.24, 2.45) is 0 Å². The van der Waals surface area contributed by atoms with E-state index in [1.807, 2.05) is 18.2 Å². The third-order valence-corrected chi connectivity index (χ3v) is 7.08. The van der Waals surface area contributed by atoms with E-state index in [9.17, 15) is 27.6 Å². The van der Waals surface area contributed by atoms with E-state index in [1.54, 1.807) is 37.8 Å². The number of carboxylic acids is 1. The Morgan fingerprint density at radius 1 is 1.00 bits per heavy atom. The molecular weight excluding hydrogens is 623 g/mol. The summed E-state index contributed by atoms with van der Waals surface area (Å²) < 4.78 is 49.0. The highest BCUT2D eigenvalue weighted by molar-refractivity contribution is 5.78. The summed E-state index contributed by atoms with van der Waals surface area (Å²) in [7, 11) is 0. The van der Waals surface area contributed by atoms with Crippen LogP contribution in [0.15, 0.2) is 54.6 Å². The predicted octanol–water partition coefficient (Wildman–Crippen LogP) is 3.32. The second kappa shape index (κ2) is 15.3. The molecule has 2 fully saturated rings.